The minimum absolute atomic E-state index is 0.441. The van der Waals surface area contributed by atoms with Gasteiger partial charge in [-0.05, 0) is 59.5 Å². The van der Waals surface area contributed by atoms with E-state index in [4.69, 9.17) is 4.74 Å². The number of nitrogens with one attached hydrogen (secondary N) is 1. The molecule has 0 spiro atoms. The van der Waals surface area contributed by atoms with Crippen molar-refractivity contribution in [3.8, 4) is 0 Å². The fourth-order valence-corrected chi connectivity index (χ4v) is 2.69. The molecule has 0 aromatic rings. The first-order chi connectivity index (χ1) is 9.51. The second kappa shape index (κ2) is 8.60. The van der Waals surface area contributed by atoms with Crippen molar-refractivity contribution >= 4 is 5.97 Å². The van der Waals surface area contributed by atoms with Crippen molar-refractivity contribution in [1.29, 1.82) is 0 Å². The lowest BCUT2D eigenvalue weighted by molar-refractivity contribution is -0.144. The molecule has 1 aliphatic rings. The summed E-state index contributed by atoms with van der Waals surface area (Å²) in [6, 6.07) is 0. The number of aliphatic carboxylic acids is 1. The molecule has 2 N–H and O–H groups in total. The molecule has 0 aliphatic carbocycles. The molecule has 1 fully saturated rings. The van der Waals surface area contributed by atoms with Gasteiger partial charge < -0.3 is 20.1 Å². The molecule has 0 radical (unpaired) electrons. The predicted octanol–water partition coefficient (Wildman–Crippen LogP) is 1.72. The van der Waals surface area contributed by atoms with Crippen molar-refractivity contribution in [2.45, 2.75) is 57.6 Å². The number of unbranched alkanes of at least 4 members (excludes halogenated alkanes) is 1. The van der Waals surface area contributed by atoms with Crippen LogP contribution in [0.4, 0.5) is 0 Å². The van der Waals surface area contributed by atoms with Crippen LogP contribution in [0.15, 0.2) is 0 Å². The summed E-state index contributed by atoms with van der Waals surface area (Å²) in [5.74, 6) is -0.766. The van der Waals surface area contributed by atoms with E-state index in [-0.39, 0.29) is 0 Å². The maximum Gasteiger partial charge on any atom is 0.323 e. The number of hydrogen-bond acceptors (Lipinski definition) is 4. The van der Waals surface area contributed by atoms with E-state index in [1.165, 1.54) is 0 Å². The summed E-state index contributed by atoms with van der Waals surface area (Å²) in [6.07, 6.45) is 5.36. The molecule has 0 aromatic carbocycles. The first-order valence-corrected chi connectivity index (χ1v) is 7.78. The van der Waals surface area contributed by atoms with Gasteiger partial charge in [-0.15, -0.1) is 0 Å². The fraction of sp³-hybridized carbons (Fsp3) is 0.933. The smallest absolute Gasteiger partial charge is 0.323 e. The molecule has 0 bridgehead atoms. The molecule has 0 saturated carbocycles. The van der Waals surface area contributed by atoms with Gasteiger partial charge in [0, 0.05) is 19.7 Å². The summed E-state index contributed by atoms with van der Waals surface area (Å²) in [7, 11) is 1.71. The highest BCUT2D eigenvalue weighted by Gasteiger charge is 2.30. The lowest BCUT2D eigenvalue weighted by Gasteiger charge is -2.32. The molecule has 5 heteroatoms. The van der Waals surface area contributed by atoms with Crippen LogP contribution < -0.4 is 5.32 Å². The number of nitrogens with zero attached hydrogens (tertiary/aromatic N) is 1. The van der Waals surface area contributed by atoms with Gasteiger partial charge in [0.25, 0.3) is 0 Å². The summed E-state index contributed by atoms with van der Waals surface area (Å²) in [5.41, 5.74) is -0.790. The van der Waals surface area contributed by atoms with Crippen molar-refractivity contribution < 1.29 is 14.6 Å². The number of rotatable bonds is 9. The van der Waals surface area contributed by atoms with E-state index < -0.39 is 11.5 Å². The summed E-state index contributed by atoms with van der Waals surface area (Å²) in [5, 5.41) is 12.1. The number of likely N-dealkylation sites (tertiary alicyclic amines) is 1. The zero-order valence-electron chi connectivity index (χ0n) is 13.2. The molecular formula is C15H30N2O3. The maximum atomic E-state index is 11.2. The van der Waals surface area contributed by atoms with Crippen LogP contribution >= 0.6 is 0 Å². The molecule has 1 rings (SSSR count). The lowest BCUT2D eigenvalue weighted by atomic mass is 9.95. The third kappa shape index (κ3) is 5.38. The fourth-order valence-electron chi connectivity index (χ4n) is 2.69. The van der Waals surface area contributed by atoms with E-state index in [0.29, 0.717) is 12.5 Å². The van der Waals surface area contributed by atoms with Crippen LogP contribution in [0, 0.1) is 0 Å². The zero-order chi connectivity index (χ0) is 15.0. The maximum absolute atomic E-state index is 11.2. The van der Waals surface area contributed by atoms with Gasteiger partial charge in [0.2, 0.25) is 0 Å². The molecule has 5 nitrogen and oxygen atoms in total. The van der Waals surface area contributed by atoms with Crippen molar-refractivity contribution in [3.63, 3.8) is 0 Å². The van der Waals surface area contributed by atoms with Gasteiger partial charge in [0.1, 0.15) is 5.54 Å². The van der Waals surface area contributed by atoms with Gasteiger partial charge >= 0.3 is 5.97 Å². The molecule has 1 unspecified atom stereocenters. The number of hydrogen-bond donors (Lipinski definition) is 2. The number of carboxylic acid groups (broad SMARTS) is 1. The van der Waals surface area contributed by atoms with Crippen LogP contribution in [-0.2, 0) is 9.53 Å². The highest BCUT2D eigenvalue weighted by Crippen LogP contribution is 2.17. The Hall–Kier alpha value is -0.650. The van der Waals surface area contributed by atoms with E-state index >= 15 is 0 Å². The highest BCUT2D eigenvalue weighted by atomic mass is 16.5. The number of carbonyl (C=O) groups is 1. The highest BCUT2D eigenvalue weighted by molar-refractivity contribution is 5.78. The van der Waals surface area contributed by atoms with E-state index in [1.54, 1.807) is 14.0 Å². The van der Waals surface area contributed by atoms with Crippen LogP contribution in [0.25, 0.3) is 0 Å². The minimum Gasteiger partial charge on any atom is -0.480 e. The molecule has 1 aliphatic heterocycles. The molecule has 1 saturated heterocycles. The predicted molar refractivity (Wildman–Crippen MR) is 80.0 cm³/mol. The average molecular weight is 286 g/mol. The van der Waals surface area contributed by atoms with Gasteiger partial charge in [0.15, 0.2) is 0 Å². The third-order valence-electron chi connectivity index (χ3n) is 4.36. The van der Waals surface area contributed by atoms with Gasteiger partial charge in [-0.3, -0.25) is 4.79 Å². The van der Waals surface area contributed by atoms with Crippen molar-refractivity contribution in [1.82, 2.24) is 10.2 Å². The van der Waals surface area contributed by atoms with Crippen LogP contribution in [-0.4, -0.2) is 60.9 Å². The number of piperidine rings is 1. The first-order valence-electron chi connectivity index (χ1n) is 7.78. The monoisotopic (exact) mass is 286 g/mol. The molecule has 1 heterocycles. The summed E-state index contributed by atoms with van der Waals surface area (Å²) >= 11 is 0. The Morgan fingerprint density at radius 1 is 1.40 bits per heavy atom. The molecule has 118 valence electrons. The topological polar surface area (TPSA) is 61.8 Å². The Bertz CT molecular complexity index is 291. The quantitative estimate of drug-likeness (QED) is 0.632. The normalized spacial score (nSPS) is 20.8. The van der Waals surface area contributed by atoms with E-state index in [0.717, 1.165) is 51.9 Å². The molecule has 1 atom stereocenters. The average Bonchev–Trinajstić information content (AvgIpc) is 2.45. The number of carboxylic acids is 1. The zero-order valence-corrected chi connectivity index (χ0v) is 13.2. The summed E-state index contributed by atoms with van der Waals surface area (Å²) < 4.78 is 5.64. The SMILES string of the molecule is CCOC1CCN(CCCCC(C)(NC)C(=O)O)CC1. The van der Waals surface area contributed by atoms with E-state index in [1.807, 2.05) is 6.92 Å². The largest absolute Gasteiger partial charge is 0.480 e. The summed E-state index contributed by atoms with van der Waals surface area (Å²) in [6.45, 7) is 7.89. The lowest BCUT2D eigenvalue weighted by Crippen LogP contribution is -2.47. The minimum atomic E-state index is -0.790. The Morgan fingerprint density at radius 2 is 2.05 bits per heavy atom. The molecule has 0 amide bonds. The Labute approximate surface area is 122 Å². The standard InChI is InChI=1S/C15H30N2O3/c1-4-20-13-7-11-17(12-8-13)10-6-5-9-15(2,16-3)14(18)19/h13,16H,4-12H2,1-3H3,(H,18,19). The third-order valence-corrected chi connectivity index (χ3v) is 4.36. The Morgan fingerprint density at radius 3 is 2.55 bits per heavy atom. The molecule has 0 aromatic heterocycles. The Balaban J connectivity index is 2.15. The second-order valence-electron chi connectivity index (χ2n) is 5.84. The number of ether oxygens (including phenoxy) is 1. The van der Waals surface area contributed by atoms with Crippen LogP contribution in [0.3, 0.4) is 0 Å². The Kier molecular flexibility index (Phi) is 7.48. The van der Waals surface area contributed by atoms with Crippen LogP contribution in [0.5, 0.6) is 0 Å². The van der Waals surface area contributed by atoms with E-state index in [9.17, 15) is 9.90 Å². The molecular weight excluding hydrogens is 256 g/mol. The van der Waals surface area contributed by atoms with Crippen molar-refractivity contribution in [3.05, 3.63) is 0 Å². The number of likely N-dealkylation sites (N-methyl/N-ethyl adjacent to an activating group) is 1. The van der Waals surface area contributed by atoms with Crippen LogP contribution in [0.1, 0.15) is 46.0 Å². The summed E-state index contributed by atoms with van der Waals surface area (Å²) in [4.78, 5) is 13.6. The van der Waals surface area contributed by atoms with Gasteiger partial charge in [-0.2, -0.15) is 0 Å². The molecule has 20 heavy (non-hydrogen) atoms. The first kappa shape index (κ1) is 17.4. The van der Waals surface area contributed by atoms with Gasteiger partial charge in [0.05, 0.1) is 6.10 Å². The van der Waals surface area contributed by atoms with Gasteiger partial charge in [-0.25, -0.2) is 0 Å². The second-order valence-corrected chi connectivity index (χ2v) is 5.84. The van der Waals surface area contributed by atoms with E-state index in [2.05, 4.69) is 10.2 Å². The van der Waals surface area contributed by atoms with Crippen LogP contribution in [0.2, 0.25) is 0 Å². The van der Waals surface area contributed by atoms with Crippen molar-refractivity contribution in [2.24, 2.45) is 0 Å². The van der Waals surface area contributed by atoms with Crippen molar-refractivity contribution in [2.75, 3.05) is 33.3 Å². The van der Waals surface area contributed by atoms with Gasteiger partial charge in [-0.1, -0.05) is 0 Å².